The largest absolute Gasteiger partial charge is 0.331 e. The van der Waals surface area contributed by atoms with E-state index in [1.54, 1.807) is 53.5 Å². The van der Waals surface area contributed by atoms with Gasteiger partial charge in [0.1, 0.15) is 5.82 Å². The minimum atomic E-state index is -0.262. The Balaban J connectivity index is 1.63. The van der Waals surface area contributed by atoms with E-state index in [9.17, 15) is 4.39 Å². The Bertz CT molecular complexity index is 913. The summed E-state index contributed by atoms with van der Waals surface area (Å²) in [5.74, 6) is -0.262. The van der Waals surface area contributed by atoms with Gasteiger partial charge < -0.3 is 10.6 Å². The molecule has 0 radical (unpaired) electrons. The predicted octanol–water partition coefficient (Wildman–Crippen LogP) is 5.19. The van der Waals surface area contributed by atoms with Gasteiger partial charge in [-0.05, 0) is 36.5 Å². The predicted molar refractivity (Wildman–Crippen MR) is 104 cm³/mol. The Morgan fingerprint density at radius 3 is 2.72 bits per heavy atom. The van der Waals surface area contributed by atoms with Gasteiger partial charge in [-0.2, -0.15) is 5.10 Å². The van der Waals surface area contributed by atoms with Crippen LogP contribution in [0.1, 0.15) is 5.56 Å². The second-order valence-corrected chi connectivity index (χ2v) is 6.47. The van der Waals surface area contributed by atoms with Crippen molar-refractivity contribution in [2.24, 2.45) is 0 Å². The lowest BCUT2D eigenvalue weighted by Crippen LogP contribution is -2.19. The highest BCUT2D eigenvalue weighted by molar-refractivity contribution is 7.80. The molecule has 0 saturated heterocycles. The van der Waals surface area contributed by atoms with Crippen LogP contribution in [0.15, 0.2) is 54.9 Å². The Kier molecular flexibility index (Phi) is 5.53. The summed E-state index contributed by atoms with van der Waals surface area (Å²) in [5.41, 5.74) is 1.88. The van der Waals surface area contributed by atoms with Crippen molar-refractivity contribution in [3.05, 3.63) is 76.3 Å². The van der Waals surface area contributed by atoms with Crippen LogP contribution < -0.4 is 10.6 Å². The zero-order chi connectivity index (χ0) is 17.8. The van der Waals surface area contributed by atoms with E-state index >= 15 is 0 Å². The molecule has 128 valence electrons. The lowest BCUT2D eigenvalue weighted by molar-refractivity contribution is 0.585. The van der Waals surface area contributed by atoms with Crippen molar-refractivity contribution in [2.75, 3.05) is 10.6 Å². The van der Waals surface area contributed by atoms with Crippen LogP contribution in [0.3, 0.4) is 0 Å². The zero-order valence-electron chi connectivity index (χ0n) is 12.8. The van der Waals surface area contributed by atoms with Crippen molar-refractivity contribution in [1.82, 2.24) is 9.78 Å². The van der Waals surface area contributed by atoms with Crippen molar-refractivity contribution in [3.63, 3.8) is 0 Å². The number of hydrogen-bond acceptors (Lipinski definition) is 2. The van der Waals surface area contributed by atoms with Crippen LogP contribution in [0.25, 0.3) is 0 Å². The maximum absolute atomic E-state index is 13.7. The third-order valence-electron chi connectivity index (χ3n) is 3.36. The second-order valence-electron chi connectivity index (χ2n) is 5.22. The van der Waals surface area contributed by atoms with Gasteiger partial charge in [0.2, 0.25) is 0 Å². The van der Waals surface area contributed by atoms with Crippen LogP contribution in [0, 0.1) is 5.82 Å². The molecule has 3 rings (SSSR count). The van der Waals surface area contributed by atoms with Crippen molar-refractivity contribution in [1.29, 1.82) is 0 Å². The molecule has 0 aliphatic heterocycles. The summed E-state index contributed by atoms with van der Waals surface area (Å²) in [6.07, 6.45) is 3.35. The van der Waals surface area contributed by atoms with Crippen molar-refractivity contribution < 1.29 is 4.39 Å². The molecule has 0 aliphatic carbocycles. The average Bonchev–Trinajstić information content (AvgIpc) is 2.99. The maximum Gasteiger partial charge on any atom is 0.175 e. The van der Waals surface area contributed by atoms with Gasteiger partial charge in [-0.1, -0.05) is 41.4 Å². The number of nitrogens with zero attached hydrogens (tertiary/aromatic N) is 2. The first-order valence-corrected chi connectivity index (χ1v) is 8.46. The SMILES string of the molecule is Fc1ccccc1Cn1cc(NC(=S)Nc2ccc(Cl)cc2Cl)cn1. The highest BCUT2D eigenvalue weighted by Crippen LogP contribution is 2.25. The van der Waals surface area contributed by atoms with Gasteiger partial charge in [0, 0.05) is 16.8 Å². The van der Waals surface area contributed by atoms with Crippen LogP contribution in [0.4, 0.5) is 15.8 Å². The monoisotopic (exact) mass is 394 g/mol. The molecule has 0 bridgehead atoms. The molecule has 4 nitrogen and oxygen atoms in total. The third kappa shape index (κ3) is 4.69. The third-order valence-corrected chi connectivity index (χ3v) is 4.11. The Hall–Kier alpha value is -2.15. The highest BCUT2D eigenvalue weighted by atomic mass is 35.5. The minimum Gasteiger partial charge on any atom is -0.331 e. The Morgan fingerprint density at radius 1 is 1.16 bits per heavy atom. The summed E-state index contributed by atoms with van der Waals surface area (Å²) in [4.78, 5) is 0. The molecule has 2 N–H and O–H groups in total. The summed E-state index contributed by atoms with van der Waals surface area (Å²) >= 11 is 17.2. The number of rotatable bonds is 4. The first-order chi connectivity index (χ1) is 12.0. The number of hydrogen-bond donors (Lipinski definition) is 2. The van der Waals surface area contributed by atoms with Gasteiger partial charge in [-0.15, -0.1) is 0 Å². The average molecular weight is 395 g/mol. The Morgan fingerprint density at radius 2 is 1.96 bits per heavy atom. The minimum absolute atomic E-state index is 0.262. The number of nitrogens with one attached hydrogen (secondary N) is 2. The summed E-state index contributed by atoms with van der Waals surface area (Å²) in [6, 6.07) is 11.7. The smallest absolute Gasteiger partial charge is 0.175 e. The molecule has 0 atom stereocenters. The van der Waals surface area contributed by atoms with E-state index < -0.39 is 0 Å². The van der Waals surface area contributed by atoms with Crippen LogP contribution >= 0.6 is 35.4 Å². The molecular formula is C17H13Cl2FN4S. The van der Waals surface area contributed by atoms with E-state index in [4.69, 9.17) is 35.4 Å². The number of thiocarbonyl (C=S) groups is 1. The number of halogens is 3. The van der Waals surface area contributed by atoms with Crippen LogP contribution in [-0.4, -0.2) is 14.9 Å². The standard InChI is InChI=1S/C17H13Cl2FN4S/c18-12-5-6-16(14(19)7-12)23-17(25)22-13-8-21-24(10-13)9-11-3-1-2-4-15(11)20/h1-8,10H,9H2,(H2,22,23,25). The van der Waals surface area contributed by atoms with E-state index in [1.165, 1.54) is 6.07 Å². The van der Waals surface area contributed by atoms with E-state index in [2.05, 4.69) is 15.7 Å². The molecule has 0 saturated carbocycles. The molecule has 3 aromatic rings. The fourth-order valence-corrected chi connectivity index (χ4v) is 2.87. The summed E-state index contributed by atoms with van der Waals surface area (Å²) in [5, 5.41) is 11.6. The summed E-state index contributed by atoms with van der Waals surface area (Å²) in [6.45, 7) is 0.331. The summed E-state index contributed by atoms with van der Waals surface area (Å²) in [7, 11) is 0. The number of benzene rings is 2. The normalized spacial score (nSPS) is 10.5. The summed E-state index contributed by atoms with van der Waals surface area (Å²) < 4.78 is 15.3. The van der Waals surface area contributed by atoms with Gasteiger partial charge in [0.05, 0.1) is 29.1 Å². The molecule has 0 unspecified atom stereocenters. The highest BCUT2D eigenvalue weighted by Gasteiger charge is 2.07. The second kappa shape index (κ2) is 7.82. The molecule has 0 amide bonds. The van der Waals surface area contributed by atoms with E-state index in [1.807, 2.05) is 0 Å². The molecule has 1 heterocycles. The van der Waals surface area contributed by atoms with Crippen LogP contribution in [-0.2, 0) is 6.54 Å². The van der Waals surface area contributed by atoms with Crippen molar-refractivity contribution >= 4 is 51.9 Å². The lowest BCUT2D eigenvalue weighted by Gasteiger charge is -2.10. The van der Waals surface area contributed by atoms with Gasteiger partial charge >= 0.3 is 0 Å². The fraction of sp³-hybridized carbons (Fsp3) is 0.0588. The fourth-order valence-electron chi connectivity index (χ4n) is 2.19. The first-order valence-electron chi connectivity index (χ1n) is 7.30. The molecular weight excluding hydrogens is 382 g/mol. The van der Waals surface area contributed by atoms with Gasteiger partial charge in [0.25, 0.3) is 0 Å². The van der Waals surface area contributed by atoms with Crippen molar-refractivity contribution in [3.8, 4) is 0 Å². The van der Waals surface area contributed by atoms with Gasteiger partial charge in [-0.3, -0.25) is 4.68 Å². The molecule has 0 fully saturated rings. The Labute approximate surface area is 159 Å². The molecule has 25 heavy (non-hydrogen) atoms. The topological polar surface area (TPSA) is 41.9 Å². The van der Waals surface area contributed by atoms with E-state index in [0.29, 0.717) is 38.6 Å². The molecule has 2 aromatic carbocycles. The quantitative estimate of drug-likeness (QED) is 0.597. The number of aromatic nitrogens is 2. The zero-order valence-corrected chi connectivity index (χ0v) is 15.2. The van der Waals surface area contributed by atoms with Crippen LogP contribution in [0.2, 0.25) is 10.0 Å². The van der Waals surface area contributed by atoms with Gasteiger partial charge in [-0.25, -0.2) is 4.39 Å². The number of anilines is 2. The lowest BCUT2D eigenvalue weighted by atomic mass is 10.2. The van der Waals surface area contributed by atoms with E-state index in [-0.39, 0.29) is 5.82 Å². The molecule has 0 spiro atoms. The molecule has 8 heteroatoms. The molecule has 1 aromatic heterocycles. The van der Waals surface area contributed by atoms with E-state index in [0.717, 1.165) is 0 Å². The van der Waals surface area contributed by atoms with Crippen molar-refractivity contribution in [2.45, 2.75) is 6.54 Å². The van der Waals surface area contributed by atoms with Gasteiger partial charge in [0.15, 0.2) is 5.11 Å². The molecule has 0 aliphatic rings. The first kappa shape index (κ1) is 17.7. The van der Waals surface area contributed by atoms with Crippen LogP contribution in [0.5, 0.6) is 0 Å². The maximum atomic E-state index is 13.7.